The Kier molecular flexibility index (Phi) is 5.08. The van der Waals surface area contributed by atoms with Gasteiger partial charge in [0.1, 0.15) is 11.4 Å². The fourth-order valence-corrected chi connectivity index (χ4v) is 3.27. The van der Waals surface area contributed by atoms with Crippen molar-refractivity contribution in [2.45, 2.75) is 6.54 Å². The Morgan fingerprint density at radius 3 is 2.61 bits per heavy atom. The summed E-state index contributed by atoms with van der Waals surface area (Å²) in [5.74, 6) is -1.75. The molecule has 9 heteroatoms. The largest absolute Gasteiger partial charge is 0.494 e. The summed E-state index contributed by atoms with van der Waals surface area (Å²) in [5, 5.41) is 10.7. The normalized spacial score (nSPS) is 13.7. The summed E-state index contributed by atoms with van der Waals surface area (Å²) in [6.45, 7) is -0.105. The van der Waals surface area contributed by atoms with Gasteiger partial charge >= 0.3 is 11.7 Å². The number of nitrogens with one attached hydrogen (secondary N) is 1. The van der Waals surface area contributed by atoms with Crippen LogP contribution in [0.2, 0.25) is 0 Å². The van der Waals surface area contributed by atoms with Crippen LogP contribution in [0.5, 0.6) is 5.88 Å². The second-order valence-electron chi connectivity index (χ2n) is 6.74. The fraction of sp³-hybridized carbons (Fsp3) is 0.0909. The number of nitrogens with zero attached hydrogens (tertiary/aromatic N) is 2. The Bertz CT molecular complexity index is 1370. The number of aliphatic imine (C=N–C) groups is 1. The van der Waals surface area contributed by atoms with Gasteiger partial charge in [0.15, 0.2) is 5.71 Å². The molecule has 3 aromatic rings. The molecule has 0 spiro atoms. The first-order chi connectivity index (χ1) is 14.9. The molecule has 2 aromatic carbocycles. The second kappa shape index (κ2) is 7.86. The zero-order valence-electron chi connectivity index (χ0n) is 16.3. The number of ether oxygens (including phenoxy) is 1. The van der Waals surface area contributed by atoms with E-state index in [1.165, 1.54) is 37.5 Å². The van der Waals surface area contributed by atoms with E-state index in [1.807, 2.05) is 0 Å². The Morgan fingerprint density at radius 1 is 1.19 bits per heavy atom. The predicted octanol–water partition coefficient (Wildman–Crippen LogP) is 2.23. The van der Waals surface area contributed by atoms with Crippen molar-refractivity contribution < 1.29 is 19.0 Å². The van der Waals surface area contributed by atoms with Gasteiger partial charge in [-0.25, -0.2) is 19.0 Å². The summed E-state index contributed by atoms with van der Waals surface area (Å²) in [5.41, 5.74) is -0.0456. The maximum atomic E-state index is 13.2. The summed E-state index contributed by atoms with van der Waals surface area (Å²) >= 11 is 0. The van der Waals surface area contributed by atoms with Crippen molar-refractivity contribution in [2.24, 2.45) is 4.99 Å². The van der Waals surface area contributed by atoms with Crippen LogP contribution in [0.25, 0.3) is 11.6 Å². The lowest BCUT2D eigenvalue weighted by molar-refractivity contribution is -0.132. The molecule has 2 heterocycles. The summed E-state index contributed by atoms with van der Waals surface area (Å²) in [6, 6.07) is 12.2. The Balaban J connectivity index is 1.86. The molecule has 0 radical (unpaired) electrons. The quantitative estimate of drug-likeness (QED) is 0.627. The van der Waals surface area contributed by atoms with Crippen molar-refractivity contribution in [1.82, 2.24) is 9.55 Å². The maximum absolute atomic E-state index is 13.2. The van der Waals surface area contributed by atoms with Crippen molar-refractivity contribution in [1.29, 1.82) is 0 Å². The summed E-state index contributed by atoms with van der Waals surface area (Å²) in [4.78, 5) is 43.4. The molecule has 8 nitrogen and oxygen atoms in total. The molecular weight excluding hydrogens is 405 g/mol. The maximum Gasteiger partial charge on any atom is 0.357 e. The molecule has 4 rings (SSSR count). The van der Waals surface area contributed by atoms with Crippen molar-refractivity contribution in [3.05, 3.63) is 91.9 Å². The molecular formula is C22H16FN3O5. The number of benzene rings is 2. The fourth-order valence-electron chi connectivity index (χ4n) is 3.27. The van der Waals surface area contributed by atoms with E-state index < -0.39 is 28.9 Å². The van der Waals surface area contributed by atoms with E-state index >= 15 is 0 Å². The summed E-state index contributed by atoms with van der Waals surface area (Å²) in [6.07, 6.45) is 1.29. The third-order valence-corrected chi connectivity index (χ3v) is 4.81. The van der Waals surface area contributed by atoms with E-state index in [-0.39, 0.29) is 23.4 Å². The molecule has 0 saturated carbocycles. The summed E-state index contributed by atoms with van der Waals surface area (Å²) in [7, 11) is 1.21. The highest BCUT2D eigenvalue weighted by atomic mass is 19.1. The minimum Gasteiger partial charge on any atom is -0.494 e. The molecule has 156 valence electrons. The zero-order chi connectivity index (χ0) is 22.1. The molecule has 1 aromatic heterocycles. The van der Waals surface area contributed by atoms with Crippen LogP contribution in [-0.4, -0.2) is 33.4 Å². The number of para-hydroxylation sites is 1. The Labute approximate surface area is 174 Å². The van der Waals surface area contributed by atoms with Gasteiger partial charge in [-0.3, -0.25) is 14.3 Å². The first-order valence-corrected chi connectivity index (χ1v) is 9.18. The lowest BCUT2D eigenvalue weighted by Crippen LogP contribution is -2.31. The molecule has 31 heavy (non-hydrogen) atoms. The third kappa shape index (κ3) is 3.68. The third-order valence-electron chi connectivity index (χ3n) is 4.81. The van der Waals surface area contributed by atoms with Gasteiger partial charge in [-0.1, -0.05) is 30.3 Å². The number of hydrogen-bond donors (Lipinski definition) is 2. The second-order valence-corrected chi connectivity index (χ2v) is 6.74. The minimum atomic E-state index is -0.834. The van der Waals surface area contributed by atoms with Gasteiger partial charge in [0.2, 0.25) is 5.88 Å². The first kappa shape index (κ1) is 20.0. The van der Waals surface area contributed by atoms with Gasteiger partial charge in [-0.15, -0.1) is 0 Å². The molecule has 1 aliphatic heterocycles. The van der Waals surface area contributed by atoms with E-state index in [0.717, 1.165) is 4.57 Å². The molecule has 1 aliphatic rings. The van der Waals surface area contributed by atoms with Gasteiger partial charge in [-0.2, -0.15) is 0 Å². The van der Waals surface area contributed by atoms with Crippen LogP contribution in [0.4, 0.5) is 10.1 Å². The van der Waals surface area contributed by atoms with Gasteiger partial charge in [0.25, 0.3) is 5.56 Å². The molecule has 0 bridgehead atoms. The molecule has 2 N–H and O–H groups in total. The van der Waals surface area contributed by atoms with Gasteiger partial charge < -0.3 is 9.84 Å². The summed E-state index contributed by atoms with van der Waals surface area (Å²) < 4.78 is 18.9. The Hall–Kier alpha value is -4.27. The van der Waals surface area contributed by atoms with E-state index in [1.54, 1.807) is 24.3 Å². The van der Waals surface area contributed by atoms with Crippen molar-refractivity contribution in [3.8, 4) is 5.88 Å². The number of fused-ring (bicyclic) bond motifs is 1. The first-order valence-electron chi connectivity index (χ1n) is 9.18. The Morgan fingerprint density at radius 2 is 1.90 bits per heavy atom. The molecule has 0 fully saturated rings. The van der Waals surface area contributed by atoms with Crippen LogP contribution in [0.3, 0.4) is 0 Å². The smallest absolute Gasteiger partial charge is 0.357 e. The van der Waals surface area contributed by atoms with Crippen LogP contribution in [0.1, 0.15) is 16.7 Å². The number of aromatic hydroxyl groups is 1. The van der Waals surface area contributed by atoms with Gasteiger partial charge in [0.05, 0.1) is 19.3 Å². The number of aromatic nitrogens is 2. The number of esters is 1. The molecule has 0 saturated heterocycles. The van der Waals surface area contributed by atoms with E-state index in [4.69, 9.17) is 4.74 Å². The number of carbonyl (C=O) groups excluding carboxylic acids is 1. The number of methoxy groups -OCH3 is 1. The van der Waals surface area contributed by atoms with Crippen molar-refractivity contribution in [2.75, 3.05) is 7.11 Å². The highest BCUT2D eigenvalue weighted by Gasteiger charge is 2.28. The van der Waals surface area contributed by atoms with Gasteiger partial charge in [0, 0.05) is 11.1 Å². The van der Waals surface area contributed by atoms with Crippen LogP contribution in [0.15, 0.2) is 63.1 Å². The zero-order valence-corrected chi connectivity index (χ0v) is 16.3. The highest BCUT2D eigenvalue weighted by molar-refractivity contribution is 6.58. The van der Waals surface area contributed by atoms with Gasteiger partial charge in [-0.05, 0) is 29.8 Å². The van der Waals surface area contributed by atoms with E-state index in [0.29, 0.717) is 16.8 Å². The predicted molar refractivity (Wildman–Crippen MR) is 112 cm³/mol. The molecule has 0 atom stereocenters. The number of carbonyl (C=O) groups is 1. The topological polar surface area (TPSA) is 114 Å². The number of H-pyrrole nitrogens is 1. The lowest BCUT2D eigenvalue weighted by atomic mass is 10.0. The minimum absolute atomic E-state index is 0.0289. The molecule has 0 aliphatic carbocycles. The van der Waals surface area contributed by atoms with Crippen molar-refractivity contribution >= 4 is 29.0 Å². The van der Waals surface area contributed by atoms with Crippen LogP contribution in [-0.2, 0) is 16.1 Å². The average molecular weight is 421 g/mol. The van der Waals surface area contributed by atoms with Crippen molar-refractivity contribution in [3.63, 3.8) is 0 Å². The van der Waals surface area contributed by atoms with Crippen LogP contribution < -0.4 is 11.2 Å². The van der Waals surface area contributed by atoms with Crippen LogP contribution in [0, 0.1) is 5.82 Å². The number of hydrogen-bond acceptors (Lipinski definition) is 6. The van der Waals surface area contributed by atoms with E-state index in [9.17, 15) is 23.9 Å². The number of aromatic amines is 1. The lowest BCUT2D eigenvalue weighted by Gasteiger charge is -2.11. The van der Waals surface area contributed by atoms with Crippen LogP contribution >= 0.6 is 0 Å². The number of halogens is 1. The highest BCUT2D eigenvalue weighted by Crippen LogP contribution is 2.36. The molecule has 0 amide bonds. The number of rotatable bonds is 4. The van der Waals surface area contributed by atoms with E-state index in [2.05, 4.69) is 9.98 Å². The SMILES string of the molecule is COC(=O)C1=Nc2ccccc2/C1=C\c1c(O)n(Cc2ccc(F)cc2)c(=O)[nH]c1=O. The molecule has 0 unspecified atom stereocenters. The monoisotopic (exact) mass is 421 g/mol. The standard InChI is InChI=1S/C22H16FN3O5/c1-31-21(29)18-15(14-4-2-3-5-17(14)24-18)10-16-19(27)25-22(30)26(20(16)28)11-12-6-8-13(23)9-7-12/h2-10,28H,11H2,1H3,(H,25,27,30)/b15-10+. The average Bonchev–Trinajstić information content (AvgIpc) is 3.13.